The second-order valence-electron chi connectivity index (χ2n) is 5.59. The van der Waals surface area contributed by atoms with E-state index >= 15 is 0 Å². The van der Waals surface area contributed by atoms with Crippen LogP contribution in [0.3, 0.4) is 0 Å². The highest BCUT2D eigenvalue weighted by molar-refractivity contribution is 5.93. The summed E-state index contributed by atoms with van der Waals surface area (Å²) in [5.41, 5.74) is 0.630. The first-order valence-electron chi connectivity index (χ1n) is 7.13. The van der Waals surface area contributed by atoms with E-state index in [-0.39, 0.29) is 11.8 Å². The van der Waals surface area contributed by atoms with Crippen LogP contribution in [0.2, 0.25) is 0 Å². The summed E-state index contributed by atoms with van der Waals surface area (Å²) in [5.74, 6) is -0.559. The number of hydrogen-bond donors (Lipinski definition) is 3. The zero-order valence-corrected chi connectivity index (χ0v) is 11.5. The molecule has 112 valence electrons. The van der Waals surface area contributed by atoms with Gasteiger partial charge in [0.1, 0.15) is 5.75 Å². The van der Waals surface area contributed by atoms with E-state index in [0.717, 1.165) is 19.3 Å². The van der Waals surface area contributed by atoms with Crippen LogP contribution in [-0.4, -0.2) is 35.7 Å². The SMILES string of the molecule is O=C(O)COc1cccc(NC(=O)C2CC3CCC2N3)c1. The van der Waals surface area contributed by atoms with Crippen LogP contribution in [0.5, 0.6) is 5.75 Å². The van der Waals surface area contributed by atoms with Crippen LogP contribution in [0.4, 0.5) is 5.69 Å². The van der Waals surface area contributed by atoms with Gasteiger partial charge in [0.2, 0.25) is 5.91 Å². The van der Waals surface area contributed by atoms with Gasteiger partial charge in [0.15, 0.2) is 6.61 Å². The Morgan fingerprint density at radius 3 is 2.90 bits per heavy atom. The van der Waals surface area contributed by atoms with Gasteiger partial charge in [-0.25, -0.2) is 4.79 Å². The summed E-state index contributed by atoms with van der Waals surface area (Å²) in [6.07, 6.45) is 3.11. The van der Waals surface area contributed by atoms with Gasteiger partial charge >= 0.3 is 5.97 Å². The Bertz CT molecular complexity index is 560. The van der Waals surface area contributed by atoms with Crippen molar-refractivity contribution < 1.29 is 19.4 Å². The molecular weight excluding hydrogens is 272 g/mol. The van der Waals surface area contributed by atoms with Gasteiger partial charge in [0.25, 0.3) is 0 Å². The van der Waals surface area contributed by atoms with Gasteiger partial charge in [-0.05, 0) is 31.4 Å². The molecule has 6 nitrogen and oxygen atoms in total. The summed E-state index contributed by atoms with van der Waals surface area (Å²) in [7, 11) is 0. The molecule has 0 aromatic heterocycles. The lowest BCUT2D eigenvalue weighted by Gasteiger charge is -2.19. The number of anilines is 1. The van der Waals surface area contributed by atoms with Crippen molar-refractivity contribution in [2.75, 3.05) is 11.9 Å². The summed E-state index contributed by atoms with van der Waals surface area (Å²) in [4.78, 5) is 22.8. The summed E-state index contributed by atoms with van der Waals surface area (Å²) in [6.45, 7) is -0.395. The van der Waals surface area contributed by atoms with E-state index in [1.807, 2.05) is 0 Å². The van der Waals surface area contributed by atoms with Crippen molar-refractivity contribution >= 4 is 17.6 Å². The minimum atomic E-state index is -1.03. The molecule has 2 aliphatic heterocycles. The molecule has 1 aromatic rings. The molecule has 3 rings (SSSR count). The minimum Gasteiger partial charge on any atom is -0.482 e. The van der Waals surface area contributed by atoms with E-state index in [1.165, 1.54) is 0 Å². The summed E-state index contributed by atoms with van der Waals surface area (Å²) >= 11 is 0. The predicted octanol–water partition coefficient (Wildman–Crippen LogP) is 1.23. The van der Waals surface area contributed by atoms with Gasteiger partial charge < -0.3 is 20.5 Å². The Kier molecular flexibility index (Phi) is 3.79. The van der Waals surface area contributed by atoms with Crippen LogP contribution >= 0.6 is 0 Å². The average Bonchev–Trinajstić information content (AvgIpc) is 3.08. The van der Waals surface area contributed by atoms with Crippen LogP contribution in [0.25, 0.3) is 0 Å². The number of benzene rings is 1. The number of aliphatic carboxylic acids is 1. The second kappa shape index (κ2) is 5.73. The number of amides is 1. The molecule has 3 atom stereocenters. The third-order valence-corrected chi connectivity index (χ3v) is 4.10. The van der Waals surface area contributed by atoms with Gasteiger partial charge in [0, 0.05) is 23.8 Å². The van der Waals surface area contributed by atoms with Crippen LogP contribution in [0.15, 0.2) is 24.3 Å². The van der Waals surface area contributed by atoms with E-state index in [0.29, 0.717) is 23.5 Å². The maximum Gasteiger partial charge on any atom is 0.341 e. The first-order valence-corrected chi connectivity index (χ1v) is 7.13. The standard InChI is InChI=1S/C15H18N2O4/c18-14(19)8-21-11-3-1-2-9(6-11)17-15(20)12-7-10-4-5-13(12)16-10/h1-3,6,10,12-13,16H,4-5,7-8H2,(H,17,20)(H,18,19). The van der Waals surface area contributed by atoms with Crippen LogP contribution in [-0.2, 0) is 9.59 Å². The number of rotatable bonds is 5. The molecule has 3 unspecified atom stereocenters. The number of hydrogen-bond acceptors (Lipinski definition) is 4. The maximum atomic E-state index is 12.3. The smallest absolute Gasteiger partial charge is 0.341 e. The fourth-order valence-electron chi connectivity index (χ4n) is 3.16. The average molecular weight is 290 g/mol. The fraction of sp³-hybridized carbons (Fsp3) is 0.467. The van der Waals surface area contributed by atoms with Gasteiger partial charge in [-0.1, -0.05) is 6.07 Å². The largest absolute Gasteiger partial charge is 0.482 e. The van der Waals surface area contributed by atoms with E-state index in [9.17, 15) is 9.59 Å². The maximum absolute atomic E-state index is 12.3. The molecule has 2 saturated heterocycles. The van der Waals surface area contributed by atoms with Gasteiger partial charge in [-0.15, -0.1) is 0 Å². The normalized spacial score (nSPS) is 26.6. The molecule has 2 aliphatic rings. The van der Waals surface area contributed by atoms with Crippen LogP contribution in [0.1, 0.15) is 19.3 Å². The van der Waals surface area contributed by atoms with E-state index in [2.05, 4.69) is 10.6 Å². The molecule has 2 heterocycles. The number of fused-ring (bicyclic) bond motifs is 2. The third-order valence-electron chi connectivity index (χ3n) is 4.10. The number of carboxylic acid groups (broad SMARTS) is 1. The van der Waals surface area contributed by atoms with E-state index in [4.69, 9.17) is 9.84 Å². The Morgan fingerprint density at radius 1 is 1.38 bits per heavy atom. The fourth-order valence-corrected chi connectivity index (χ4v) is 3.16. The molecular formula is C15H18N2O4. The molecule has 0 spiro atoms. The number of carbonyl (C=O) groups is 2. The van der Waals surface area contributed by atoms with Gasteiger partial charge in [-0.2, -0.15) is 0 Å². The Hall–Kier alpha value is -2.08. The Morgan fingerprint density at radius 2 is 2.24 bits per heavy atom. The highest BCUT2D eigenvalue weighted by Crippen LogP contribution is 2.34. The third kappa shape index (κ3) is 3.16. The quantitative estimate of drug-likeness (QED) is 0.759. The first kappa shape index (κ1) is 13.9. The second-order valence-corrected chi connectivity index (χ2v) is 5.59. The van der Waals surface area contributed by atoms with Crippen molar-refractivity contribution in [2.24, 2.45) is 5.92 Å². The lowest BCUT2D eigenvalue weighted by molar-refractivity contribution is -0.139. The monoisotopic (exact) mass is 290 g/mol. The highest BCUT2D eigenvalue weighted by Gasteiger charge is 2.42. The highest BCUT2D eigenvalue weighted by atomic mass is 16.5. The molecule has 1 amide bonds. The van der Waals surface area contributed by atoms with Crippen molar-refractivity contribution in [3.05, 3.63) is 24.3 Å². The van der Waals surface area contributed by atoms with Crippen molar-refractivity contribution in [2.45, 2.75) is 31.3 Å². The molecule has 2 fully saturated rings. The number of carboxylic acids is 1. The topological polar surface area (TPSA) is 87.7 Å². The van der Waals surface area contributed by atoms with Crippen LogP contribution in [0, 0.1) is 5.92 Å². The lowest BCUT2D eigenvalue weighted by Crippen LogP contribution is -2.32. The zero-order valence-electron chi connectivity index (χ0n) is 11.5. The van der Waals surface area contributed by atoms with E-state index in [1.54, 1.807) is 24.3 Å². The molecule has 2 bridgehead atoms. The van der Waals surface area contributed by atoms with Crippen LogP contribution < -0.4 is 15.4 Å². The van der Waals surface area contributed by atoms with Crippen molar-refractivity contribution in [1.29, 1.82) is 0 Å². The molecule has 1 aromatic carbocycles. The van der Waals surface area contributed by atoms with Crippen molar-refractivity contribution in [1.82, 2.24) is 5.32 Å². The Labute approximate surface area is 122 Å². The predicted molar refractivity (Wildman–Crippen MR) is 76.3 cm³/mol. The number of carbonyl (C=O) groups excluding carboxylic acids is 1. The molecule has 0 radical (unpaired) electrons. The molecule has 0 saturated carbocycles. The van der Waals surface area contributed by atoms with Gasteiger partial charge in [0.05, 0.1) is 5.92 Å². The zero-order chi connectivity index (χ0) is 14.8. The molecule has 3 N–H and O–H groups in total. The Balaban J connectivity index is 1.60. The van der Waals surface area contributed by atoms with Crippen molar-refractivity contribution in [3.63, 3.8) is 0 Å². The molecule has 0 aliphatic carbocycles. The molecule has 21 heavy (non-hydrogen) atoms. The minimum absolute atomic E-state index is 0.0186. The van der Waals surface area contributed by atoms with E-state index < -0.39 is 12.6 Å². The van der Waals surface area contributed by atoms with Gasteiger partial charge in [-0.3, -0.25) is 4.79 Å². The number of ether oxygens (including phenoxy) is 1. The lowest BCUT2D eigenvalue weighted by atomic mass is 9.88. The van der Waals surface area contributed by atoms with Crippen molar-refractivity contribution in [3.8, 4) is 5.75 Å². The first-order chi connectivity index (χ1) is 10.1. The summed E-state index contributed by atoms with van der Waals surface area (Å²) in [5, 5.41) is 14.9. The summed E-state index contributed by atoms with van der Waals surface area (Å²) < 4.78 is 5.10. The molecule has 6 heteroatoms. The summed E-state index contributed by atoms with van der Waals surface area (Å²) in [6, 6.07) is 7.58. The number of nitrogens with one attached hydrogen (secondary N) is 2.